The molecule has 0 saturated carbocycles. The van der Waals surface area contributed by atoms with Crippen LogP contribution in [0.4, 0.5) is 0 Å². The molecule has 1 aromatic rings. The molecule has 0 aliphatic carbocycles. The molecule has 17 heavy (non-hydrogen) atoms. The van der Waals surface area contributed by atoms with Gasteiger partial charge in [0.05, 0.1) is 4.34 Å². The second-order valence-electron chi connectivity index (χ2n) is 4.83. The predicted molar refractivity (Wildman–Crippen MR) is 75.9 cm³/mol. The van der Waals surface area contributed by atoms with Crippen LogP contribution in [0.3, 0.4) is 0 Å². The highest BCUT2D eigenvalue weighted by Crippen LogP contribution is 2.25. The van der Waals surface area contributed by atoms with Gasteiger partial charge in [0.25, 0.3) is 0 Å². The van der Waals surface area contributed by atoms with Crippen molar-refractivity contribution in [2.24, 2.45) is 5.92 Å². The molecule has 0 aromatic carbocycles. The highest BCUT2D eigenvalue weighted by atomic mass is 35.5. The maximum atomic E-state index is 5.99. The molecule has 0 spiro atoms. The Balaban J connectivity index is 2.01. The molecule has 96 valence electrons. The van der Waals surface area contributed by atoms with Gasteiger partial charge in [0.2, 0.25) is 0 Å². The smallest absolute Gasteiger partial charge is 0.0931 e. The summed E-state index contributed by atoms with van der Waals surface area (Å²) in [5.41, 5.74) is 0. The van der Waals surface area contributed by atoms with E-state index in [0.29, 0.717) is 6.04 Å². The van der Waals surface area contributed by atoms with E-state index in [1.807, 2.05) is 6.07 Å². The second kappa shape index (κ2) is 6.19. The van der Waals surface area contributed by atoms with Crippen molar-refractivity contribution in [2.45, 2.75) is 32.9 Å². The van der Waals surface area contributed by atoms with Crippen LogP contribution >= 0.6 is 22.9 Å². The average Bonchev–Trinajstić information content (AvgIpc) is 2.74. The largest absolute Gasteiger partial charge is 0.314 e. The SMILES string of the molecule is CCC(C)C1CNCCN1Cc1ccc(Cl)s1. The molecule has 4 heteroatoms. The summed E-state index contributed by atoms with van der Waals surface area (Å²) in [5.74, 6) is 0.748. The number of nitrogens with one attached hydrogen (secondary N) is 1. The molecule has 0 amide bonds. The number of thiophene rings is 1. The van der Waals surface area contributed by atoms with Crippen molar-refractivity contribution in [1.82, 2.24) is 10.2 Å². The normalized spacial score (nSPS) is 23.8. The van der Waals surface area contributed by atoms with Crippen LogP contribution in [0.25, 0.3) is 0 Å². The molecule has 1 aromatic heterocycles. The Kier molecular flexibility index (Phi) is 4.86. The maximum absolute atomic E-state index is 5.99. The molecular weight excluding hydrogens is 252 g/mol. The number of rotatable bonds is 4. The monoisotopic (exact) mass is 272 g/mol. The van der Waals surface area contributed by atoms with E-state index in [-0.39, 0.29) is 0 Å². The lowest BCUT2D eigenvalue weighted by atomic mass is 9.96. The first-order valence-electron chi connectivity index (χ1n) is 6.39. The van der Waals surface area contributed by atoms with E-state index in [9.17, 15) is 0 Å². The zero-order chi connectivity index (χ0) is 12.3. The van der Waals surface area contributed by atoms with Crippen LogP contribution in [0.2, 0.25) is 4.34 Å². The molecule has 1 aliphatic rings. The van der Waals surface area contributed by atoms with Crippen molar-refractivity contribution in [3.8, 4) is 0 Å². The van der Waals surface area contributed by atoms with Crippen molar-refractivity contribution in [3.05, 3.63) is 21.3 Å². The van der Waals surface area contributed by atoms with Crippen LogP contribution in [-0.4, -0.2) is 30.6 Å². The van der Waals surface area contributed by atoms with E-state index < -0.39 is 0 Å². The molecule has 0 radical (unpaired) electrons. The lowest BCUT2D eigenvalue weighted by molar-refractivity contribution is 0.110. The van der Waals surface area contributed by atoms with E-state index in [2.05, 4.69) is 30.1 Å². The van der Waals surface area contributed by atoms with Gasteiger partial charge in [0, 0.05) is 37.1 Å². The van der Waals surface area contributed by atoms with Crippen molar-refractivity contribution in [2.75, 3.05) is 19.6 Å². The maximum Gasteiger partial charge on any atom is 0.0931 e. The van der Waals surface area contributed by atoms with Gasteiger partial charge in [0.15, 0.2) is 0 Å². The Bertz CT molecular complexity index is 353. The minimum atomic E-state index is 0.662. The van der Waals surface area contributed by atoms with Crippen LogP contribution in [0.5, 0.6) is 0 Å². The Morgan fingerprint density at radius 2 is 2.41 bits per heavy atom. The summed E-state index contributed by atoms with van der Waals surface area (Å²) in [4.78, 5) is 3.98. The van der Waals surface area contributed by atoms with Crippen LogP contribution in [0, 0.1) is 5.92 Å². The van der Waals surface area contributed by atoms with Gasteiger partial charge in [-0.25, -0.2) is 0 Å². The summed E-state index contributed by atoms with van der Waals surface area (Å²) in [6.45, 7) is 9.05. The van der Waals surface area contributed by atoms with E-state index in [1.165, 1.54) is 11.3 Å². The highest BCUT2D eigenvalue weighted by Gasteiger charge is 2.26. The van der Waals surface area contributed by atoms with Crippen molar-refractivity contribution in [3.63, 3.8) is 0 Å². The lowest BCUT2D eigenvalue weighted by Crippen LogP contribution is -2.53. The zero-order valence-corrected chi connectivity index (χ0v) is 12.2. The highest BCUT2D eigenvalue weighted by molar-refractivity contribution is 7.16. The lowest BCUT2D eigenvalue weighted by Gasteiger charge is -2.39. The van der Waals surface area contributed by atoms with E-state index in [0.717, 1.165) is 36.4 Å². The molecule has 2 heterocycles. The second-order valence-corrected chi connectivity index (χ2v) is 6.63. The number of hydrogen-bond donors (Lipinski definition) is 1. The Morgan fingerprint density at radius 1 is 1.59 bits per heavy atom. The minimum absolute atomic E-state index is 0.662. The number of halogens is 1. The fraction of sp³-hybridized carbons (Fsp3) is 0.692. The van der Waals surface area contributed by atoms with E-state index in [1.54, 1.807) is 11.3 Å². The van der Waals surface area contributed by atoms with Gasteiger partial charge < -0.3 is 5.32 Å². The summed E-state index contributed by atoms with van der Waals surface area (Å²) in [7, 11) is 0. The number of nitrogens with zero attached hydrogens (tertiary/aromatic N) is 1. The predicted octanol–water partition coefficient (Wildman–Crippen LogP) is 3.22. The molecule has 2 unspecified atom stereocenters. The van der Waals surface area contributed by atoms with Crippen molar-refractivity contribution in [1.29, 1.82) is 0 Å². The van der Waals surface area contributed by atoms with E-state index >= 15 is 0 Å². The standard InChI is InChI=1S/C13H21ClN2S/c1-3-10(2)12-8-15-6-7-16(12)9-11-4-5-13(14)17-11/h4-5,10,12,15H,3,6-9H2,1-2H3. The van der Waals surface area contributed by atoms with Crippen LogP contribution in [-0.2, 0) is 6.54 Å². The van der Waals surface area contributed by atoms with Gasteiger partial charge in [0.1, 0.15) is 0 Å². The Morgan fingerprint density at radius 3 is 3.06 bits per heavy atom. The summed E-state index contributed by atoms with van der Waals surface area (Å²) in [6.07, 6.45) is 1.24. The first kappa shape index (κ1) is 13.3. The molecule has 1 N–H and O–H groups in total. The number of piperazine rings is 1. The average molecular weight is 273 g/mol. The summed E-state index contributed by atoms with van der Waals surface area (Å²) in [5, 5.41) is 3.51. The molecule has 1 aliphatic heterocycles. The third-order valence-corrected chi connectivity index (χ3v) is 4.90. The molecule has 0 bridgehead atoms. The summed E-state index contributed by atoms with van der Waals surface area (Å²) < 4.78 is 0.898. The third kappa shape index (κ3) is 3.44. The van der Waals surface area contributed by atoms with E-state index in [4.69, 9.17) is 11.6 Å². The Hall–Kier alpha value is -0.0900. The quantitative estimate of drug-likeness (QED) is 0.905. The fourth-order valence-corrected chi connectivity index (χ4v) is 3.55. The molecule has 2 nitrogen and oxygen atoms in total. The minimum Gasteiger partial charge on any atom is -0.314 e. The third-order valence-electron chi connectivity index (χ3n) is 3.69. The first-order chi connectivity index (χ1) is 8.20. The topological polar surface area (TPSA) is 15.3 Å². The van der Waals surface area contributed by atoms with Gasteiger partial charge >= 0.3 is 0 Å². The van der Waals surface area contributed by atoms with Gasteiger partial charge in [-0.15, -0.1) is 11.3 Å². The molecule has 2 atom stereocenters. The molecule has 2 rings (SSSR count). The van der Waals surface area contributed by atoms with Crippen LogP contribution < -0.4 is 5.32 Å². The first-order valence-corrected chi connectivity index (χ1v) is 7.59. The summed E-state index contributed by atoms with van der Waals surface area (Å²) >= 11 is 7.70. The fourth-order valence-electron chi connectivity index (χ4n) is 2.43. The zero-order valence-electron chi connectivity index (χ0n) is 10.6. The Labute approximate surface area is 113 Å². The van der Waals surface area contributed by atoms with Gasteiger partial charge in [-0.1, -0.05) is 31.9 Å². The van der Waals surface area contributed by atoms with Gasteiger partial charge in [-0.2, -0.15) is 0 Å². The van der Waals surface area contributed by atoms with Crippen LogP contribution in [0.15, 0.2) is 12.1 Å². The molecular formula is C13H21ClN2S. The van der Waals surface area contributed by atoms with Gasteiger partial charge in [-0.3, -0.25) is 4.90 Å². The summed E-state index contributed by atoms with van der Waals surface area (Å²) in [6, 6.07) is 4.82. The molecule has 1 saturated heterocycles. The molecule has 1 fully saturated rings. The van der Waals surface area contributed by atoms with Crippen LogP contribution in [0.1, 0.15) is 25.1 Å². The van der Waals surface area contributed by atoms with Crippen molar-refractivity contribution >= 4 is 22.9 Å². The van der Waals surface area contributed by atoms with Crippen molar-refractivity contribution < 1.29 is 0 Å². The van der Waals surface area contributed by atoms with Gasteiger partial charge in [-0.05, 0) is 18.1 Å². The number of hydrogen-bond acceptors (Lipinski definition) is 3.